The van der Waals surface area contributed by atoms with Crippen LogP contribution in [0.3, 0.4) is 0 Å². The van der Waals surface area contributed by atoms with E-state index in [2.05, 4.69) is 310 Å². The number of hydrogen-bond donors (Lipinski definition) is 0. The van der Waals surface area contributed by atoms with Crippen molar-refractivity contribution in [3.8, 4) is 101 Å². The van der Waals surface area contributed by atoms with E-state index in [-0.39, 0.29) is 21.7 Å². The van der Waals surface area contributed by atoms with E-state index < -0.39 is 5.41 Å². The van der Waals surface area contributed by atoms with Gasteiger partial charge in [0, 0.05) is 43.9 Å². The van der Waals surface area contributed by atoms with Gasteiger partial charge < -0.3 is 0 Å². The molecule has 0 saturated heterocycles. The van der Waals surface area contributed by atoms with Gasteiger partial charge in [-0.1, -0.05) is 479 Å². The third kappa shape index (κ3) is 16.5. The maximum absolute atomic E-state index is 6.63. The molecule has 0 saturated carbocycles. The molecule has 0 fully saturated rings. The monoisotopic (exact) mass is 1750 g/mol. The van der Waals surface area contributed by atoms with E-state index in [1.165, 1.54) is 317 Å². The average molecular weight is 1750 g/mol. The largest absolute Gasteiger partial charge is 0.244 e. The van der Waals surface area contributed by atoms with Crippen molar-refractivity contribution in [1.29, 1.82) is 0 Å². The van der Waals surface area contributed by atoms with Crippen molar-refractivity contribution in [3.05, 3.63) is 322 Å². The number of unbranched alkanes of at least 4 members (excludes halogenated alkanes) is 24. The Labute approximate surface area is 798 Å². The first-order valence-corrected chi connectivity index (χ1v) is 53.4. The van der Waals surface area contributed by atoms with Crippen molar-refractivity contribution in [2.24, 2.45) is 0 Å². The van der Waals surface area contributed by atoms with E-state index in [1.807, 2.05) is 0 Å². The van der Waals surface area contributed by atoms with Gasteiger partial charge in [0.05, 0.1) is 50.3 Å². The normalized spacial score (nSPS) is 14.8. The van der Waals surface area contributed by atoms with Crippen LogP contribution in [0.1, 0.15) is 379 Å². The molecule has 2 heterocycles. The molecular formula is C129H146N4. The Morgan fingerprint density at radius 2 is 0.361 bits per heavy atom. The topological polar surface area (TPSA) is 51.6 Å². The number of fused-ring (bicyclic) bond motifs is 17. The highest BCUT2D eigenvalue weighted by molar-refractivity contribution is 6.00. The van der Waals surface area contributed by atoms with E-state index in [0.29, 0.717) is 0 Å². The molecule has 19 rings (SSSR count). The first kappa shape index (κ1) is 91.4. The van der Waals surface area contributed by atoms with Crippen molar-refractivity contribution in [1.82, 2.24) is 19.9 Å². The predicted molar refractivity (Wildman–Crippen MR) is 567 cm³/mol. The van der Waals surface area contributed by atoms with Crippen LogP contribution in [0.4, 0.5) is 0 Å². The van der Waals surface area contributed by atoms with Gasteiger partial charge >= 0.3 is 0 Å². The summed E-state index contributed by atoms with van der Waals surface area (Å²) in [5.41, 5.74) is 40.4. The van der Waals surface area contributed by atoms with E-state index in [4.69, 9.17) is 19.9 Å². The molecule has 5 aliphatic carbocycles. The summed E-state index contributed by atoms with van der Waals surface area (Å²) in [7, 11) is 0. The highest BCUT2D eigenvalue weighted by Crippen LogP contribution is 2.64. The average Bonchev–Trinajstić information content (AvgIpc) is 1.52. The summed E-state index contributed by atoms with van der Waals surface area (Å²) in [6, 6.07) is 101. The van der Waals surface area contributed by atoms with Crippen LogP contribution in [0.25, 0.3) is 123 Å². The second-order valence-electron chi connectivity index (χ2n) is 41.1. The molecule has 2 aromatic heterocycles. The molecule has 14 aromatic rings. The van der Waals surface area contributed by atoms with Gasteiger partial charge in [-0.2, -0.15) is 0 Å². The molecule has 0 bridgehead atoms. The van der Waals surface area contributed by atoms with E-state index >= 15 is 0 Å². The minimum absolute atomic E-state index is 0.132. The summed E-state index contributed by atoms with van der Waals surface area (Å²) in [5, 5.41) is 0. The van der Waals surface area contributed by atoms with E-state index in [0.717, 1.165) is 130 Å². The molecule has 133 heavy (non-hydrogen) atoms. The molecule has 0 spiro atoms. The highest BCUT2D eigenvalue weighted by Gasteiger charge is 2.52. The summed E-state index contributed by atoms with van der Waals surface area (Å²) in [4.78, 5) is 26.0. The van der Waals surface area contributed by atoms with Gasteiger partial charge in [0.25, 0.3) is 0 Å². The fourth-order valence-corrected chi connectivity index (χ4v) is 26.4. The van der Waals surface area contributed by atoms with Gasteiger partial charge in [0.2, 0.25) is 0 Å². The number of hydrogen-bond acceptors (Lipinski definition) is 4. The summed E-state index contributed by atoms with van der Waals surface area (Å²) in [6.07, 6.45) is 48.2. The zero-order valence-corrected chi connectivity index (χ0v) is 81.8. The Hall–Kier alpha value is -10.7. The van der Waals surface area contributed by atoms with Crippen molar-refractivity contribution in [3.63, 3.8) is 0 Å². The van der Waals surface area contributed by atoms with Crippen LogP contribution in [0, 0.1) is 0 Å². The molecular weight excluding hydrogens is 1610 g/mol. The van der Waals surface area contributed by atoms with Gasteiger partial charge in [-0.25, -0.2) is 19.9 Å². The molecule has 0 radical (unpaired) electrons. The molecule has 0 unspecified atom stereocenters. The van der Waals surface area contributed by atoms with Crippen molar-refractivity contribution < 1.29 is 0 Å². The third-order valence-corrected chi connectivity index (χ3v) is 33.0. The zero-order valence-electron chi connectivity index (χ0n) is 81.8. The number of rotatable bonds is 46. The lowest BCUT2D eigenvalue weighted by Crippen LogP contribution is -2.30. The van der Waals surface area contributed by atoms with Gasteiger partial charge in [-0.05, 0) is 210 Å². The Balaban J connectivity index is 0.882. The second kappa shape index (κ2) is 40.9. The maximum Gasteiger partial charge on any atom is 0.0973 e. The Bertz CT molecular complexity index is 6030. The molecule has 4 heteroatoms. The fraction of sp³-hybridized carbons (Fsp3) is 0.411. The SMILES string of the molecule is CCCCCCC1(CCCCCC)c2ccccc2-c2ccc(-c3nc4cccc(C5(c6cccc7nc(-c8ccc9c(c8)C(CCCCCC)(CCCCCC)c8ccccc8-9)c(-c8ccc9c(c8)C(CCCCCC)(CCCCCC)c8ccccc8-9)nc67)c6ccccc6-c6ccccc65)c4nc3-c3ccc4c(c3)C(CCCCCC)(CCCCCC)c3ccccc3-4)cc21. The molecule has 0 amide bonds. The van der Waals surface area contributed by atoms with Gasteiger partial charge in [-0.15, -0.1) is 0 Å². The molecule has 0 N–H and O–H groups in total. The Morgan fingerprint density at radius 3 is 0.594 bits per heavy atom. The van der Waals surface area contributed by atoms with Gasteiger partial charge in [0.15, 0.2) is 0 Å². The lowest BCUT2D eigenvalue weighted by atomic mass is 9.66. The minimum Gasteiger partial charge on any atom is -0.244 e. The van der Waals surface area contributed by atoms with E-state index in [1.54, 1.807) is 0 Å². The van der Waals surface area contributed by atoms with Gasteiger partial charge in [-0.3, -0.25) is 0 Å². The Morgan fingerprint density at radius 1 is 0.165 bits per heavy atom. The number of aromatic nitrogens is 4. The number of benzene rings is 12. The number of nitrogens with zero attached hydrogens (tertiary/aromatic N) is 4. The molecule has 0 aliphatic heterocycles. The molecule has 0 atom stereocenters. The summed E-state index contributed by atoms with van der Waals surface area (Å²) in [6.45, 7) is 18.9. The summed E-state index contributed by atoms with van der Waals surface area (Å²) < 4.78 is 0. The summed E-state index contributed by atoms with van der Waals surface area (Å²) in [5.74, 6) is 0. The smallest absolute Gasteiger partial charge is 0.0973 e. The van der Waals surface area contributed by atoms with Crippen LogP contribution >= 0.6 is 0 Å². The molecule has 4 nitrogen and oxygen atoms in total. The van der Waals surface area contributed by atoms with Crippen LogP contribution < -0.4 is 0 Å². The van der Waals surface area contributed by atoms with Crippen molar-refractivity contribution in [2.45, 2.75) is 339 Å². The second-order valence-corrected chi connectivity index (χ2v) is 41.1. The fourth-order valence-electron chi connectivity index (χ4n) is 26.4. The first-order valence-electron chi connectivity index (χ1n) is 53.4. The maximum atomic E-state index is 6.63. The zero-order chi connectivity index (χ0) is 90.9. The van der Waals surface area contributed by atoms with Gasteiger partial charge in [0.1, 0.15) is 0 Å². The van der Waals surface area contributed by atoms with Crippen LogP contribution in [0.2, 0.25) is 0 Å². The highest BCUT2D eigenvalue weighted by atomic mass is 14.9. The predicted octanol–water partition coefficient (Wildman–Crippen LogP) is 37.4. The molecule has 12 aromatic carbocycles. The van der Waals surface area contributed by atoms with Crippen LogP contribution in [0.15, 0.2) is 255 Å². The quantitative estimate of drug-likeness (QED) is 0.0357. The third-order valence-electron chi connectivity index (χ3n) is 33.0. The minimum atomic E-state index is -0.992. The van der Waals surface area contributed by atoms with Crippen LogP contribution in [-0.2, 0) is 27.1 Å². The standard InChI is InChI=1S/C129H146N4/c1-9-17-25-45-79-125(80-46-26-18-10-2)105-61-39-33-55-95(105)101-75-71-91(87-113(101)125)119-121(93-73-77-103-97-57-35-41-63-107(97)127(115(103)89-93,83-49-29-21-13-5)84-50-30-22-14-6)132-123-111(67-53-69-117(123)130-119)129(109-65-43-37-59-99(109)100-60-38-44-66-110(100)129)112-68-54-70-118-124(112)133-122(94-74-78-104-98-58-36-42-64-108(98)128(116(104)90-94,85-51-31-23-15-7)86-52-32-24-16-8)120(131-118)92-72-76-102-96-56-34-40-62-106(96)126(114(102)88-92,81-47-27-19-11-3)82-48-28-20-12-4/h33-44,53-78,87-90H,9-32,45-52,79-86H2,1-8H3. The van der Waals surface area contributed by atoms with Crippen LogP contribution in [0.5, 0.6) is 0 Å². The molecule has 682 valence electrons. The first-order chi connectivity index (χ1) is 65.6. The lowest BCUT2D eigenvalue weighted by molar-refractivity contribution is 0.401. The van der Waals surface area contributed by atoms with Crippen molar-refractivity contribution >= 4 is 22.1 Å². The Kier molecular flexibility index (Phi) is 28.1. The van der Waals surface area contributed by atoms with Crippen molar-refractivity contribution in [2.75, 3.05) is 0 Å². The molecule has 5 aliphatic rings. The number of para-hydroxylation sites is 2. The van der Waals surface area contributed by atoms with E-state index in [9.17, 15) is 0 Å². The lowest BCUT2D eigenvalue weighted by Gasteiger charge is -2.35. The summed E-state index contributed by atoms with van der Waals surface area (Å²) >= 11 is 0. The van der Waals surface area contributed by atoms with Crippen LogP contribution in [-0.4, -0.2) is 19.9 Å².